The number of hydrogen-bond acceptors (Lipinski definition) is 4. The number of aromatic nitrogens is 1. The third kappa shape index (κ3) is 2.08. The highest BCUT2D eigenvalue weighted by atomic mass is 32.1. The van der Waals surface area contributed by atoms with Crippen molar-refractivity contribution in [1.29, 1.82) is 0 Å². The lowest BCUT2D eigenvalue weighted by molar-refractivity contribution is 0.102. The molecular formula is C16H10N2O2S. The van der Waals surface area contributed by atoms with Gasteiger partial charge in [-0.05, 0) is 24.3 Å². The molecule has 0 bridgehead atoms. The first-order valence-electron chi connectivity index (χ1n) is 6.42. The second-order valence-electron chi connectivity index (χ2n) is 4.64. The van der Waals surface area contributed by atoms with Gasteiger partial charge in [0, 0.05) is 21.8 Å². The maximum Gasteiger partial charge on any atom is 0.275 e. The number of hydrogen-bond donors (Lipinski definition) is 1. The van der Waals surface area contributed by atoms with E-state index in [0.29, 0.717) is 5.69 Å². The number of carbonyl (C=O) groups excluding carboxylic acids is 1. The van der Waals surface area contributed by atoms with Gasteiger partial charge >= 0.3 is 0 Å². The highest BCUT2D eigenvalue weighted by Gasteiger charge is 2.10. The predicted octanol–water partition coefficient (Wildman–Crippen LogP) is 4.29. The van der Waals surface area contributed by atoms with Crippen LogP contribution in [0, 0.1) is 0 Å². The van der Waals surface area contributed by atoms with Crippen LogP contribution in [0.3, 0.4) is 0 Å². The smallest absolute Gasteiger partial charge is 0.275 e. The third-order valence-electron chi connectivity index (χ3n) is 3.30. The van der Waals surface area contributed by atoms with Crippen molar-refractivity contribution in [3.8, 4) is 0 Å². The van der Waals surface area contributed by atoms with Gasteiger partial charge in [0.1, 0.15) is 16.9 Å². The molecule has 4 rings (SSSR count). The summed E-state index contributed by atoms with van der Waals surface area (Å²) in [7, 11) is 0. The summed E-state index contributed by atoms with van der Waals surface area (Å²) in [6.07, 6.45) is 0. The molecule has 0 atom stereocenters. The fraction of sp³-hybridized carbons (Fsp3) is 0. The molecule has 0 fully saturated rings. The Kier molecular flexibility index (Phi) is 2.72. The van der Waals surface area contributed by atoms with Gasteiger partial charge in [0.05, 0.1) is 5.51 Å². The first-order chi connectivity index (χ1) is 10.3. The quantitative estimate of drug-likeness (QED) is 0.600. The average Bonchev–Trinajstić information content (AvgIpc) is 3.14. The van der Waals surface area contributed by atoms with Crippen molar-refractivity contribution >= 4 is 44.9 Å². The van der Waals surface area contributed by atoms with Crippen LogP contribution in [-0.2, 0) is 0 Å². The number of amides is 1. The number of thiazole rings is 1. The Labute approximate surface area is 124 Å². The van der Waals surface area contributed by atoms with E-state index in [1.165, 1.54) is 11.3 Å². The van der Waals surface area contributed by atoms with Gasteiger partial charge in [-0.2, -0.15) is 0 Å². The normalized spacial score (nSPS) is 11.0. The lowest BCUT2D eigenvalue weighted by atomic mass is 10.1. The molecule has 0 unspecified atom stereocenters. The minimum absolute atomic E-state index is 0.205. The Bertz CT molecular complexity index is 941. The zero-order valence-corrected chi connectivity index (χ0v) is 11.7. The lowest BCUT2D eigenvalue weighted by Gasteiger charge is -2.02. The largest absolute Gasteiger partial charge is 0.456 e. The van der Waals surface area contributed by atoms with Crippen molar-refractivity contribution in [2.24, 2.45) is 0 Å². The molecule has 1 amide bonds. The van der Waals surface area contributed by atoms with E-state index < -0.39 is 0 Å². The Morgan fingerprint density at radius 2 is 1.95 bits per heavy atom. The molecule has 0 aliphatic carbocycles. The Morgan fingerprint density at radius 1 is 1.10 bits per heavy atom. The number of carbonyl (C=O) groups is 1. The number of benzene rings is 2. The van der Waals surface area contributed by atoms with Crippen LogP contribution in [0.15, 0.2) is 57.8 Å². The summed E-state index contributed by atoms with van der Waals surface area (Å²) in [4.78, 5) is 16.0. The van der Waals surface area contributed by atoms with Crippen LogP contribution in [0.2, 0.25) is 0 Å². The van der Waals surface area contributed by atoms with Crippen LogP contribution in [0.25, 0.3) is 21.9 Å². The number of para-hydroxylation sites is 1. The lowest BCUT2D eigenvalue weighted by Crippen LogP contribution is -2.11. The molecule has 21 heavy (non-hydrogen) atoms. The number of fused-ring (bicyclic) bond motifs is 3. The van der Waals surface area contributed by atoms with E-state index in [9.17, 15) is 4.79 Å². The van der Waals surface area contributed by atoms with E-state index in [0.717, 1.165) is 27.6 Å². The first kappa shape index (κ1) is 12.1. The Balaban J connectivity index is 1.76. The Hall–Kier alpha value is -2.66. The van der Waals surface area contributed by atoms with E-state index in [1.54, 1.807) is 10.9 Å². The van der Waals surface area contributed by atoms with E-state index >= 15 is 0 Å². The second kappa shape index (κ2) is 4.71. The number of furan rings is 1. The van der Waals surface area contributed by atoms with Gasteiger partial charge in [0.25, 0.3) is 5.91 Å². The maximum atomic E-state index is 12.0. The minimum Gasteiger partial charge on any atom is -0.456 e. The van der Waals surface area contributed by atoms with Crippen molar-refractivity contribution in [1.82, 2.24) is 4.98 Å². The van der Waals surface area contributed by atoms with Gasteiger partial charge in [0.2, 0.25) is 0 Å². The van der Waals surface area contributed by atoms with Crippen molar-refractivity contribution in [3.63, 3.8) is 0 Å². The molecule has 0 saturated heterocycles. The topological polar surface area (TPSA) is 55.1 Å². The molecule has 0 saturated carbocycles. The molecule has 102 valence electrons. The molecular weight excluding hydrogens is 284 g/mol. The van der Waals surface area contributed by atoms with Crippen molar-refractivity contribution in [2.75, 3.05) is 5.32 Å². The number of nitrogens with one attached hydrogen (secondary N) is 1. The minimum atomic E-state index is -0.205. The molecule has 4 aromatic rings. The molecule has 0 aliphatic rings. The third-order valence-corrected chi connectivity index (χ3v) is 3.89. The van der Waals surface area contributed by atoms with Crippen LogP contribution in [0.1, 0.15) is 10.5 Å². The summed E-state index contributed by atoms with van der Waals surface area (Å²) >= 11 is 1.40. The Morgan fingerprint density at radius 3 is 2.81 bits per heavy atom. The average molecular weight is 294 g/mol. The SMILES string of the molecule is O=C(Nc1ccc2oc3ccccc3c2c1)c1cscn1. The number of rotatable bonds is 2. The molecule has 5 heteroatoms. The fourth-order valence-electron chi connectivity index (χ4n) is 2.32. The number of anilines is 1. The van der Waals surface area contributed by atoms with Crippen molar-refractivity contribution < 1.29 is 9.21 Å². The van der Waals surface area contributed by atoms with Gasteiger partial charge in [-0.15, -0.1) is 11.3 Å². The van der Waals surface area contributed by atoms with Crippen molar-refractivity contribution in [3.05, 3.63) is 59.0 Å². The van der Waals surface area contributed by atoms with Gasteiger partial charge in [-0.1, -0.05) is 18.2 Å². The summed E-state index contributed by atoms with van der Waals surface area (Å²) in [6, 6.07) is 13.5. The summed E-state index contributed by atoms with van der Waals surface area (Å²) in [5.41, 5.74) is 4.45. The van der Waals surface area contributed by atoms with Crippen molar-refractivity contribution in [2.45, 2.75) is 0 Å². The summed E-state index contributed by atoms with van der Waals surface area (Å²) in [5, 5.41) is 6.60. The highest BCUT2D eigenvalue weighted by molar-refractivity contribution is 7.07. The van der Waals surface area contributed by atoms with Gasteiger partial charge in [0.15, 0.2) is 0 Å². The fourth-order valence-corrected chi connectivity index (χ4v) is 2.86. The molecule has 2 aromatic carbocycles. The van der Waals surface area contributed by atoms with Crippen LogP contribution in [0.5, 0.6) is 0 Å². The zero-order chi connectivity index (χ0) is 14.2. The van der Waals surface area contributed by atoms with E-state index in [1.807, 2.05) is 42.5 Å². The summed E-state index contributed by atoms with van der Waals surface area (Å²) < 4.78 is 5.76. The zero-order valence-electron chi connectivity index (χ0n) is 10.9. The maximum absolute atomic E-state index is 12.0. The monoisotopic (exact) mass is 294 g/mol. The highest BCUT2D eigenvalue weighted by Crippen LogP contribution is 2.30. The van der Waals surface area contributed by atoms with Gasteiger partial charge in [-0.25, -0.2) is 4.98 Å². The molecule has 0 radical (unpaired) electrons. The van der Waals surface area contributed by atoms with Gasteiger partial charge in [-0.3, -0.25) is 4.79 Å². The van der Waals surface area contributed by atoms with Crippen LogP contribution in [-0.4, -0.2) is 10.9 Å². The van der Waals surface area contributed by atoms with Crippen LogP contribution < -0.4 is 5.32 Å². The first-order valence-corrected chi connectivity index (χ1v) is 7.36. The predicted molar refractivity (Wildman–Crippen MR) is 83.8 cm³/mol. The molecule has 0 aliphatic heterocycles. The second-order valence-corrected chi connectivity index (χ2v) is 5.36. The molecule has 2 heterocycles. The molecule has 2 aromatic heterocycles. The standard InChI is InChI=1S/C16H10N2O2S/c19-16(13-8-21-9-17-13)18-10-5-6-15-12(7-10)11-3-1-2-4-14(11)20-15/h1-9H,(H,18,19). The summed E-state index contributed by atoms with van der Waals surface area (Å²) in [5.74, 6) is -0.205. The molecule has 1 N–H and O–H groups in total. The van der Waals surface area contributed by atoms with Gasteiger partial charge < -0.3 is 9.73 Å². The van der Waals surface area contributed by atoms with E-state index in [2.05, 4.69) is 10.3 Å². The number of nitrogens with zero attached hydrogens (tertiary/aromatic N) is 1. The van der Waals surface area contributed by atoms with E-state index in [-0.39, 0.29) is 5.91 Å². The summed E-state index contributed by atoms with van der Waals surface area (Å²) in [6.45, 7) is 0. The molecule has 4 nitrogen and oxygen atoms in total. The van der Waals surface area contributed by atoms with E-state index in [4.69, 9.17) is 4.42 Å². The van der Waals surface area contributed by atoms with Crippen LogP contribution in [0.4, 0.5) is 5.69 Å². The molecule has 0 spiro atoms. The van der Waals surface area contributed by atoms with Crippen LogP contribution >= 0.6 is 11.3 Å².